The lowest BCUT2D eigenvalue weighted by Crippen LogP contribution is -2.53. The second-order valence-electron chi connectivity index (χ2n) is 5.20. The number of benzene rings is 1. The average Bonchev–Trinajstić information content (AvgIpc) is 2.61. The minimum absolute atomic E-state index is 0.00433. The summed E-state index contributed by atoms with van der Waals surface area (Å²) >= 11 is 17.2. The maximum absolute atomic E-state index is 12.5. The molecule has 1 heterocycles. The van der Waals surface area contributed by atoms with Crippen molar-refractivity contribution in [2.45, 2.75) is 0 Å². The third-order valence-electron chi connectivity index (χ3n) is 3.39. The summed E-state index contributed by atoms with van der Waals surface area (Å²) in [6, 6.07) is 2.89. The number of thiocarbonyl (C=S) groups is 1. The molecule has 0 spiro atoms. The van der Waals surface area contributed by atoms with Gasteiger partial charge in [0.15, 0.2) is 17.5 Å². The zero-order chi connectivity index (χ0) is 20.1. The number of amides is 2. The van der Waals surface area contributed by atoms with Gasteiger partial charge in [-0.1, -0.05) is 29.3 Å². The van der Waals surface area contributed by atoms with Crippen LogP contribution in [0.4, 0.5) is 0 Å². The molecule has 1 aromatic carbocycles. The Morgan fingerprint density at radius 1 is 1.33 bits per heavy atom. The summed E-state index contributed by atoms with van der Waals surface area (Å²) in [5, 5.41) is 2.63. The number of nitrogens with one attached hydrogen (secondary N) is 1. The van der Waals surface area contributed by atoms with Gasteiger partial charge in [0.05, 0.1) is 17.2 Å². The van der Waals surface area contributed by atoms with E-state index in [9.17, 15) is 14.4 Å². The number of carbonyl (C=O) groups excluding carboxylic acids is 3. The molecule has 1 fully saturated rings. The predicted molar refractivity (Wildman–Crippen MR) is 105 cm³/mol. The summed E-state index contributed by atoms with van der Waals surface area (Å²) in [5.74, 6) is -1.72. The van der Waals surface area contributed by atoms with Crippen molar-refractivity contribution < 1.29 is 23.9 Å². The van der Waals surface area contributed by atoms with Crippen molar-refractivity contribution in [3.05, 3.63) is 46.0 Å². The average molecular weight is 429 g/mol. The first-order chi connectivity index (χ1) is 12.8. The van der Waals surface area contributed by atoms with Crippen LogP contribution in [0.2, 0.25) is 10.0 Å². The molecule has 7 nitrogen and oxygen atoms in total. The quantitative estimate of drug-likeness (QED) is 0.246. The molecule has 10 heteroatoms. The van der Waals surface area contributed by atoms with Crippen LogP contribution in [-0.4, -0.2) is 48.1 Å². The smallest absolute Gasteiger partial charge is 0.343 e. The minimum Gasteiger partial charge on any atom is -0.479 e. The second-order valence-corrected chi connectivity index (χ2v) is 6.40. The number of rotatable bonds is 6. The Morgan fingerprint density at radius 3 is 2.52 bits per heavy atom. The fraction of sp³-hybridized carbons (Fsp3) is 0.176. The van der Waals surface area contributed by atoms with Gasteiger partial charge >= 0.3 is 5.97 Å². The predicted octanol–water partition coefficient (Wildman–Crippen LogP) is 2.36. The molecule has 0 unspecified atom stereocenters. The Hall–Kier alpha value is -2.42. The molecule has 0 saturated carbocycles. The molecule has 2 amide bonds. The highest BCUT2D eigenvalue weighted by Crippen LogP contribution is 2.35. The number of nitrogens with zero attached hydrogens (tertiary/aromatic N) is 1. The van der Waals surface area contributed by atoms with Crippen molar-refractivity contribution in [3.8, 4) is 5.75 Å². The van der Waals surface area contributed by atoms with Gasteiger partial charge < -0.3 is 9.47 Å². The highest BCUT2D eigenvalue weighted by Gasteiger charge is 2.32. The van der Waals surface area contributed by atoms with Crippen LogP contribution in [0.3, 0.4) is 0 Å². The number of esters is 1. The molecule has 1 aliphatic rings. The summed E-state index contributed by atoms with van der Waals surface area (Å²) in [4.78, 5) is 37.0. The first kappa shape index (κ1) is 20.9. The van der Waals surface area contributed by atoms with Crippen LogP contribution in [0, 0.1) is 0 Å². The lowest BCUT2D eigenvalue weighted by atomic mass is 10.1. The number of methoxy groups -OCH3 is 1. The molecule has 142 valence electrons. The van der Waals surface area contributed by atoms with Crippen molar-refractivity contribution in [1.29, 1.82) is 0 Å². The fourth-order valence-electron chi connectivity index (χ4n) is 2.15. The molecule has 0 aliphatic carbocycles. The van der Waals surface area contributed by atoms with Crippen molar-refractivity contribution >= 4 is 64.4 Å². The molecule has 1 aromatic rings. The van der Waals surface area contributed by atoms with Gasteiger partial charge in [0.25, 0.3) is 11.8 Å². The van der Waals surface area contributed by atoms with Gasteiger partial charge in [-0.15, -0.1) is 6.58 Å². The normalized spacial score (nSPS) is 15.6. The van der Waals surface area contributed by atoms with Crippen LogP contribution in [0.5, 0.6) is 5.75 Å². The van der Waals surface area contributed by atoms with Crippen LogP contribution < -0.4 is 10.1 Å². The molecule has 0 radical (unpaired) electrons. The lowest BCUT2D eigenvalue weighted by Gasteiger charge is -2.27. The maximum Gasteiger partial charge on any atom is 0.343 e. The van der Waals surface area contributed by atoms with Crippen LogP contribution in [0.25, 0.3) is 6.08 Å². The van der Waals surface area contributed by atoms with E-state index in [1.807, 2.05) is 0 Å². The van der Waals surface area contributed by atoms with E-state index in [0.29, 0.717) is 5.56 Å². The van der Waals surface area contributed by atoms with E-state index in [1.54, 1.807) is 0 Å². The van der Waals surface area contributed by atoms with Crippen LogP contribution in [0.1, 0.15) is 5.56 Å². The van der Waals surface area contributed by atoms with Gasteiger partial charge in [0, 0.05) is 6.54 Å². The zero-order valence-electron chi connectivity index (χ0n) is 14.1. The van der Waals surface area contributed by atoms with Gasteiger partial charge in [0.2, 0.25) is 0 Å². The van der Waals surface area contributed by atoms with Crippen molar-refractivity contribution in [2.24, 2.45) is 0 Å². The van der Waals surface area contributed by atoms with Gasteiger partial charge in [-0.3, -0.25) is 19.8 Å². The number of hydrogen-bond donors (Lipinski definition) is 1. The van der Waals surface area contributed by atoms with Gasteiger partial charge in [-0.05, 0) is 36.0 Å². The molecule has 0 atom stereocenters. The first-order valence-electron chi connectivity index (χ1n) is 7.47. The number of halogens is 2. The Morgan fingerprint density at radius 2 is 1.96 bits per heavy atom. The third-order valence-corrected chi connectivity index (χ3v) is 4.28. The van der Waals surface area contributed by atoms with Crippen LogP contribution in [-0.2, 0) is 19.1 Å². The zero-order valence-corrected chi connectivity index (χ0v) is 16.4. The summed E-state index contributed by atoms with van der Waals surface area (Å²) in [5.41, 5.74) is 0.251. The number of hydrogen-bond acceptors (Lipinski definition) is 6. The highest BCUT2D eigenvalue weighted by molar-refractivity contribution is 7.80. The monoisotopic (exact) mass is 428 g/mol. The topological polar surface area (TPSA) is 84.9 Å². The molecular weight excluding hydrogens is 415 g/mol. The first-order valence-corrected chi connectivity index (χ1v) is 8.63. The molecule has 2 rings (SSSR count). The standard InChI is InChI=1S/C17H14Cl2N2O5S/c1-3-4-21-16(24)10(15(23)20-17(21)27)5-9-6-11(18)14(12(19)7-9)26-8-13(22)25-2/h3,5-7H,1,4,8H2,2H3,(H,20,23,27)/b10-5+. The van der Waals surface area contributed by atoms with Crippen molar-refractivity contribution in [2.75, 3.05) is 20.3 Å². The van der Waals surface area contributed by atoms with E-state index in [0.717, 1.165) is 0 Å². The molecule has 0 aromatic heterocycles. The van der Waals surface area contributed by atoms with E-state index in [4.69, 9.17) is 40.2 Å². The maximum atomic E-state index is 12.5. The van der Waals surface area contributed by atoms with Crippen molar-refractivity contribution in [1.82, 2.24) is 10.2 Å². The molecular formula is C17H14Cl2N2O5S. The van der Waals surface area contributed by atoms with Crippen molar-refractivity contribution in [3.63, 3.8) is 0 Å². The third kappa shape index (κ3) is 4.85. The minimum atomic E-state index is -0.636. The Balaban J connectivity index is 2.33. The molecule has 1 N–H and O–H groups in total. The Kier molecular flexibility index (Phi) is 6.95. The van der Waals surface area contributed by atoms with E-state index < -0.39 is 17.8 Å². The molecule has 1 saturated heterocycles. The number of carbonyl (C=O) groups is 3. The SMILES string of the molecule is C=CCN1C(=O)/C(=C/c2cc(Cl)c(OCC(=O)OC)c(Cl)c2)C(=O)NC1=S. The van der Waals surface area contributed by atoms with Gasteiger partial charge in [-0.25, -0.2) is 4.79 Å². The summed E-state index contributed by atoms with van der Waals surface area (Å²) < 4.78 is 9.70. The molecule has 1 aliphatic heterocycles. The molecule has 27 heavy (non-hydrogen) atoms. The summed E-state index contributed by atoms with van der Waals surface area (Å²) in [6.45, 7) is 3.33. The van der Waals surface area contributed by atoms with E-state index in [-0.39, 0.29) is 39.6 Å². The van der Waals surface area contributed by atoms with Gasteiger partial charge in [0.1, 0.15) is 5.57 Å². The van der Waals surface area contributed by atoms with E-state index in [2.05, 4.69) is 16.6 Å². The van der Waals surface area contributed by atoms with Crippen LogP contribution in [0.15, 0.2) is 30.4 Å². The summed E-state index contributed by atoms with van der Waals surface area (Å²) in [7, 11) is 1.22. The van der Waals surface area contributed by atoms with E-state index >= 15 is 0 Å². The summed E-state index contributed by atoms with van der Waals surface area (Å²) in [6.07, 6.45) is 2.82. The lowest BCUT2D eigenvalue weighted by molar-refractivity contribution is -0.143. The van der Waals surface area contributed by atoms with E-state index in [1.165, 1.54) is 36.3 Å². The fourth-order valence-corrected chi connectivity index (χ4v) is 3.01. The molecule has 0 bridgehead atoms. The van der Waals surface area contributed by atoms with Gasteiger partial charge in [-0.2, -0.15) is 0 Å². The highest BCUT2D eigenvalue weighted by atomic mass is 35.5. The Labute approximate surface area is 170 Å². The Bertz CT molecular complexity index is 846. The largest absolute Gasteiger partial charge is 0.479 e. The van der Waals surface area contributed by atoms with Crippen LogP contribution >= 0.6 is 35.4 Å². The number of ether oxygens (including phenoxy) is 2. The second kappa shape index (κ2) is 8.98.